The number of imide groups is 1. The second-order valence-corrected chi connectivity index (χ2v) is 9.24. The Morgan fingerprint density at radius 1 is 1.11 bits per heavy atom. The van der Waals surface area contributed by atoms with Crippen molar-refractivity contribution in [3.05, 3.63) is 58.6 Å². The van der Waals surface area contributed by atoms with Crippen LogP contribution in [0.5, 0.6) is 5.75 Å². The van der Waals surface area contributed by atoms with Crippen LogP contribution in [0, 0.1) is 0 Å². The van der Waals surface area contributed by atoms with Crippen molar-refractivity contribution in [2.45, 2.75) is 24.2 Å². The van der Waals surface area contributed by atoms with E-state index in [-0.39, 0.29) is 11.4 Å². The molecule has 1 atom stereocenters. The van der Waals surface area contributed by atoms with Crippen LogP contribution in [0.2, 0.25) is 5.02 Å². The molecule has 2 amide bonds. The van der Waals surface area contributed by atoms with Crippen molar-refractivity contribution >= 4 is 33.3 Å². The zero-order chi connectivity index (χ0) is 20.7. The topological polar surface area (TPSA) is 80.8 Å². The number of hydrogen-bond acceptors (Lipinski definition) is 5. The number of benzene rings is 2. The van der Waals surface area contributed by atoms with E-state index < -0.39 is 32.8 Å². The number of nitrogens with zero attached hydrogens (tertiary/aromatic N) is 1. The number of rotatable bonds is 5. The van der Waals surface area contributed by atoms with Crippen LogP contribution in [-0.2, 0) is 20.0 Å². The molecule has 6 nitrogen and oxygen atoms in total. The SMILES string of the molecule is CCN1C(=O)c2ccc(OC)cc2C(C)(CS(=O)(=O)c2ccc(Cl)cc2)C1=O. The third-order valence-electron chi connectivity index (χ3n) is 4.98. The molecule has 1 aliphatic heterocycles. The number of ether oxygens (including phenoxy) is 1. The summed E-state index contributed by atoms with van der Waals surface area (Å²) in [6, 6.07) is 10.5. The largest absolute Gasteiger partial charge is 0.497 e. The van der Waals surface area contributed by atoms with E-state index in [4.69, 9.17) is 16.3 Å². The minimum atomic E-state index is -3.84. The third-order valence-corrected chi connectivity index (χ3v) is 7.18. The fourth-order valence-electron chi connectivity index (χ4n) is 3.48. The molecule has 0 radical (unpaired) electrons. The van der Waals surface area contributed by atoms with Gasteiger partial charge in [-0.05, 0) is 61.9 Å². The van der Waals surface area contributed by atoms with Gasteiger partial charge in [0.2, 0.25) is 5.91 Å². The summed E-state index contributed by atoms with van der Waals surface area (Å²) >= 11 is 5.85. The second-order valence-electron chi connectivity index (χ2n) is 6.81. The minimum absolute atomic E-state index is 0.0651. The average molecular weight is 422 g/mol. The second kappa shape index (κ2) is 7.22. The standard InChI is InChI=1S/C20H20ClNO5S/c1-4-22-18(23)16-10-7-14(27-3)11-17(16)20(2,19(22)24)12-28(25,26)15-8-5-13(21)6-9-15/h5-11H,4,12H2,1-3H3. The monoisotopic (exact) mass is 421 g/mol. The van der Waals surface area contributed by atoms with E-state index in [1.807, 2.05) is 0 Å². The predicted octanol–water partition coefficient (Wildman–Crippen LogP) is 3.08. The van der Waals surface area contributed by atoms with Crippen molar-refractivity contribution in [2.75, 3.05) is 19.4 Å². The minimum Gasteiger partial charge on any atom is -0.497 e. The highest BCUT2D eigenvalue weighted by atomic mass is 35.5. The number of amides is 2. The molecule has 0 bridgehead atoms. The molecule has 1 heterocycles. The molecule has 0 aromatic heterocycles. The Morgan fingerprint density at radius 2 is 1.75 bits per heavy atom. The Bertz CT molecular complexity index is 1050. The third kappa shape index (κ3) is 3.29. The van der Waals surface area contributed by atoms with Gasteiger partial charge >= 0.3 is 0 Å². The highest BCUT2D eigenvalue weighted by molar-refractivity contribution is 7.91. The molecule has 0 spiro atoms. The first-order chi connectivity index (χ1) is 13.1. The van der Waals surface area contributed by atoms with E-state index in [9.17, 15) is 18.0 Å². The lowest BCUT2D eigenvalue weighted by Gasteiger charge is -2.39. The van der Waals surface area contributed by atoms with Gasteiger partial charge in [0.15, 0.2) is 9.84 Å². The first-order valence-corrected chi connectivity index (χ1v) is 10.7. The Labute approximate surface area is 169 Å². The Kier molecular flexibility index (Phi) is 5.25. The molecule has 2 aromatic rings. The molecule has 148 valence electrons. The number of fused-ring (bicyclic) bond motifs is 1. The first kappa shape index (κ1) is 20.4. The number of sulfone groups is 1. The number of carbonyl (C=O) groups is 2. The number of likely N-dealkylation sites (N-methyl/N-ethyl adjacent to an activating group) is 1. The van der Waals surface area contributed by atoms with Crippen molar-refractivity contribution in [1.29, 1.82) is 0 Å². The average Bonchev–Trinajstić information content (AvgIpc) is 2.66. The summed E-state index contributed by atoms with van der Waals surface area (Å²) in [7, 11) is -2.37. The zero-order valence-electron chi connectivity index (χ0n) is 15.7. The van der Waals surface area contributed by atoms with Crippen molar-refractivity contribution in [2.24, 2.45) is 0 Å². The van der Waals surface area contributed by atoms with Gasteiger partial charge in [-0.2, -0.15) is 0 Å². The summed E-state index contributed by atoms with van der Waals surface area (Å²) in [6.07, 6.45) is 0. The summed E-state index contributed by atoms with van der Waals surface area (Å²) in [5.74, 6) is -1.02. The molecule has 8 heteroatoms. The van der Waals surface area contributed by atoms with E-state index >= 15 is 0 Å². The van der Waals surface area contributed by atoms with Gasteiger partial charge in [-0.15, -0.1) is 0 Å². The zero-order valence-corrected chi connectivity index (χ0v) is 17.3. The van der Waals surface area contributed by atoms with E-state index in [0.29, 0.717) is 21.9 Å². The van der Waals surface area contributed by atoms with E-state index in [2.05, 4.69) is 0 Å². The molecular formula is C20H20ClNO5S. The molecule has 0 saturated heterocycles. The van der Waals surface area contributed by atoms with Gasteiger partial charge in [0.25, 0.3) is 5.91 Å². The van der Waals surface area contributed by atoms with Crippen LogP contribution in [0.1, 0.15) is 29.8 Å². The maximum absolute atomic E-state index is 13.2. The van der Waals surface area contributed by atoms with Gasteiger partial charge in [0, 0.05) is 17.1 Å². The van der Waals surface area contributed by atoms with Crippen LogP contribution >= 0.6 is 11.6 Å². The Morgan fingerprint density at radius 3 is 2.32 bits per heavy atom. The summed E-state index contributed by atoms with van der Waals surface area (Å²) in [6.45, 7) is 3.38. The van der Waals surface area contributed by atoms with Gasteiger partial charge in [0.05, 0.1) is 23.2 Å². The molecule has 3 rings (SSSR count). The number of carbonyl (C=O) groups excluding carboxylic acids is 2. The van der Waals surface area contributed by atoms with Crippen LogP contribution in [0.15, 0.2) is 47.4 Å². The summed E-state index contributed by atoms with van der Waals surface area (Å²) < 4.78 is 31.4. The van der Waals surface area contributed by atoms with Crippen molar-refractivity contribution in [3.8, 4) is 5.75 Å². The van der Waals surface area contributed by atoms with Gasteiger partial charge in [-0.25, -0.2) is 8.42 Å². The quantitative estimate of drug-likeness (QED) is 0.693. The highest BCUT2D eigenvalue weighted by Gasteiger charge is 2.49. The lowest BCUT2D eigenvalue weighted by molar-refractivity contribution is -0.133. The van der Waals surface area contributed by atoms with Crippen LogP contribution in [0.3, 0.4) is 0 Å². The van der Waals surface area contributed by atoms with Crippen LogP contribution < -0.4 is 4.74 Å². The van der Waals surface area contributed by atoms with E-state index in [1.165, 1.54) is 31.4 Å². The summed E-state index contributed by atoms with van der Waals surface area (Å²) in [5.41, 5.74) is -0.785. The molecule has 2 aromatic carbocycles. The smallest absolute Gasteiger partial charge is 0.260 e. The lowest BCUT2D eigenvalue weighted by atomic mass is 9.77. The highest BCUT2D eigenvalue weighted by Crippen LogP contribution is 2.39. The fraction of sp³-hybridized carbons (Fsp3) is 0.300. The van der Waals surface area contributed by atoms with Crippen LogP contribution in [0.4, 0.5) is 0 Å². The molecule has 1 unspecified atom stereocenters. The molecule has 1 aliphatic rings. The molecule has 0 aliphatic carbocycles. The fourth-order valence-corrected chi connectivity index (χ4v) is 5.36. The Hall–Kier alpha value is -2.38. The molecule has 0 fully saturated rings. The Balaban J connectivity index is 2.17. The number of hydrogen-bond donors (Lipinski definition) is 0. The lowest BCUT2D eigenvalue weighted by Crippen LogP contribution is -2.55. The first-order valence-electron chi connectivity index (χ1n) is 8.67. The van der Waals surface area contributed by atoms with Gasteiger partial charge in [-0.1, -0.05) is 11.6 Å². The van der Waals surface area contributed by atoms with Crippen molar-refractivity contribution in [3.63, 3.8) is 0 Å². The van der Waals surface area contributed by atoms with E-state index in [0.717, 1.165) is 4.90 Å². The van der Waals surface area contributed by atoms with Crippen LogP contribution in [0.25, 0.3) is 0 Å². The molecular weight excluding hydrogens is 402 g/mol. The number of methoxy groups -OCH3 is 1. The van der Waals surface area contributed by atoms with E-state index in [1.54, 1.807) is 32.0 Å². The number of halogens is 1. The van der Waals surface area contributed by atoms with Gasteiger partial charge in [-0.3, -0.25) is 14.5 Å². The van der Waals surface area contributed by atoms with Gasteiger partial charge in [0.1, 0.15) is 5.75 Å². The maximum Gasteiger partial charge on any atom is 0.260 e. The molecule has 0 saturated carbocycles. The van der Waals surface area contributed by atoms with Crippen LogP contribution in [-0.4, -0.2) is 44.5 Å². The summed E-state index contributed by atoms with van der Waals surface area (Å²) in [5, 5.41) is 0.414. The molecule has 28 heavy (non-hydrogen) atoms. The maximum atomic E-state index is 13.2. The predicted molar refractivity (Wildman–Crippen MR) is 106 cm³/mol. The van der Waals surface area contributed by atoms with Crippen molar-refractivity contribution in [1.82, 2.24) is 4.90 Å². The summed E-state index contributed by atoms with van der Waals surface area (Å²) in [4.78, 5) is 27.1. The normalized spacial score (nSPS) is 19.5. The van der Waals surface area contributed by atoms with Gasteiger partial charge < -0.3 is 4.74 Å². The molecule has 0 N–H and O–H groups in total. The van der Waals surface area contributed by atoms with Crippen molar-refractivity contribution < 1.29 is 22.7 Å².